The summed E-state index contributed by atoms with van der Waals surface area (Å²) in [5.74, 6) is -0.106. The van der Waals surface area contributed by atoms with Crippen LogP contribution in [-0.4, -0.2) is 41.7 Å². The number of hydrogen-bond donors (Lipinski definition) is 2. The number of likely N-dealkylation sites (tertiary alicyclic amines) is 1. The molecule has 1 aliphatic rings. The Morgan fingerprint density at radius 3 is 2.95 bits per heavy atom. The lowest BCUT2D eigenvalue weighted by atomic mass is 10.3. The zero-order valence-corrected chi connectivity index (χ0v) is 11.9. The molecule has 19 heavy (non-hydrogen) atoms. The number of rotatable bonds is 4. The maximum absolute atomic E-state index is 11.8. The van der Waals surface area contributed by atoms with Gasteiger partial charge in [-0.05, 0) is 24.6 Å². The van der Waals surface area contributed by atoms with Crippen molar-refractivity contribution in [1.29, 1.82) is 0 Å². The van der Waals surface area contributed by atoms with Crippen LogP contribution in [0.3, 0.4) is 0 Å². The number of carbonyl (C=O) groups excluding carboxylic acids is 1. The summed E-state index contributed by atoms with van der Waals surface area (Å²) in [5, 5.41) is 13.1. The third-order valence-corrected chi connectivity index (χ3v) is 3.67. The Kier molecular flexibility index (Phi) is 5.05. The monoisotopic (exact) mass is 302 g/mol. The number of anilines is 1. The maximum Gasteiger partial charge on any atom is 0.225 e. The van der Waals surface area contributed by atoms with Crippen LogP contribution >= 0.6 is 23.2 Å². The largest absolute Gasteiger partial charge is 0.392 e. The molecule has 0 spiro atoms. The predicted octanol–water partition coefficient (Wildman–Crippen LogP) is 2.39. The Morgan fingerprint density at radius 1 is 1.47 bits per heavy atom. The number of hydrogen-bond acceptors (Lipinski definition) is 3. The zero-order valence-electron chi connectivity index (χ0n) is 10.4. The smallest absolute Gasteiger partial charge is 0.225 e. The van der Waals surface area contributed by atoms with Gasteiger partial charge in [-0.3, -0.25) is 4.79 Å². The SMILES string of the molecule is O=C(CCN1CC[C@@H](O)C1)Nc1cc(Cl)ccc1Cl. The second kappa shape index (κ2) is 6.57. The highest BCUT2D eigenvalue weighted by Gasteiger charge is 2.20. The van der Waals surface area contributed by atoms with E-state index in [1.165, 1.54) is 0 Å². The lowest BCUT2D eigenvalue weighted by molar-refractivity contribution is -0.116. The number of nitrogens with zero attached hydrogens (tertiary/aromatic N) is 1. The van der Waals surface area contributed by atoms with Crippen molar-refractivity contribution in [3.63, 3.8) is 0 Å². The van der Waals surface area contributed by atoms with Gasteiger partial charge in [-0.15, -0.1) is 0 Å². The molecular formula is C13H16Cl2N2O2. The molecule has 1 atom stereocenters. The number of carbonyl (C=O) groups is 1. The molecule has 2 N–H and O–H groups in total. The van der Waals surface area contributed by atoms with Crippen LogP contribution in [0.5, 0.6) is 0 Å². The molecule has 1 aromatic rings. The first-order chi connectivity index (χ1) is 9.04. The summed E-state index contributed by atoms with van der Waals surface area (Å²) < 4.78 is 0. The summed E-state index contributed by atoms with van der Waals surface area (Å²) >= 11 is 11.8. The Morgan fingerprint density at radius 2 is 2.26 bits per heavy atom. The van der Waals surface area contributed by atoms with Crippen molar-refractivity contribution in [3.8, 4) is 0 Å². The van der Waals surface area contributed by atoms with Gasteiger partial charge in [0.05, 0.1) is 16.8 Å². The van der Waals surface area contributed by atoms with E-state index < -0.39 is 0 Å². The van der Waals surface area contributed by atoms with Gasteiger partial charge in [-0.25, -0.2) is 0 Å². The van der Waals surface area contributed by atoms with E-state index in [1.807, 2.05) is 0 Å². The zero-order chi connectivity index (χ0) is 13.8. The molecule has 1 heterocycles. The number of aliphatic hydroxyl groups is 1. The van der Waals surface area contributed by atoms with Gasteiger partial charge in [0, 0.05) is 31.1 Å². The molecular weight excluding hydrogens is 287 g/mol. The fourth-order valence-corrected chi connectivity index (χ4v) is 2.42. The maximum atomic E-state index is 11.8. The first-order valence-electron chi connectivity index (χ1n) is 6.20. The van der Waals surface area contributed by atoms with Gasteiger partial charge in [0.1, 0.15) is 0 Å². The highest BCUT2D eigenvalue weighted by atomic mass is 35.5. The number of nitrogens with one attached hydrogen (secondary N) is 1. The van der Waals surface area contributed by atoms with Crippen LogP contribution in [0, 0.1) is 0 Å². The first-order valence-corrected chi connectivity index (χ1v) is 6.95. The van der Waals surface area contributed by atoms with Crippen LogP contribution < -0.4 is 5.32 Å². The molecule has 0 radical (unpaired) electrons. The van der Waals surface area contributed by atoms with Crippen molar-refractivity contribution < 1.29 is 9.90 Å². The minimum Gasteiger partial charge on any atom is -0.392 e. The van der Waals surface area contributed by atoms with E-state index >= 15 is 0 Å². The van der Waals surface area contributed by atoms with Gasteiger partial charge < -0.3 is 15.3 Å². The van der Waals surface area contributed by atoms with Gasteiger partial charge in [-0.2, -0.15) is 0 Å². The standard InChI is InChI=1S/C13H16Cl2N2O2/c14-9-1-2-11(15)12(7-9)16-13(19)4-6-17-5-3-10(18)8-17/h1-2,7,10,18H,3-6,8H2,(H,16,19)/t10-/m1/s1. The number of β-amino-alcohol motifs (C(OH)–C–C–N with tert-alkyl or cyclic N) is 1. The Bertz CT molecular complexity index is 468. The van der Waals surface area contributed by atoms with Crippen LogP contribution in [0.4, 0.5) is 5.69 Å². The molecule has 0 aliphatic carbocycles. The van der Waals surface area contributed by atoms with Crippen LogP contribution in [0.15, 0.2) is 18.2 Å². The van der Waals surface area contributed by atoms with E-state index in [9.17, 15) is 9.90 Å². The summed E-state index contributed by atoms with van der Waals surface area (Å²) in [6.07, 6.45) is 0.891. The van der Waals surface area contributed by atoms with Crippen molar-refractivity contribution in [2.75, 3.05) is 25.0 Å². The molecule has 1 fully saturated rings. The highest BCUT2D eigenvalue weighted by molar-refractivity contribution is 6.35. The van der Waals surface area contributed by atoms with Gasteiger partial charge in [0.15, 0.2) is 0 Å². The van der Waals surface area contributed by atoms with E-state index in [1.54, 1.807) is 18.2 Å². The average Bonchev–Trinajstić information content (AvgIpc) is 2.77. The molecule has 6 heteroatoms. The number of benzene rings is 1. The van der Waals surface area contributed by atoms with Crippen LogP contribution in [0.25, 0.3) is 0 Å². The Balaban J connectivity index is 1.82. The lowest BCUT2D eigenvalue weighted by Gasteiger charge is -2.14. The molecule has 0 aromatic heterocycles. The molecule has 1 aliphatic heterocycles. The molecule has 4 nitrogen and oxygen atoms in total. The Hall–Kier alpha value is -0.810. The first kappa shape index (κ1) is 14.6. The quantitative estimate of drug-likeness (QED) is 0.898. The van der Waals surface area contributed by atoms with E-state index in [2.05, 4.69) is 10.2 Å². The summed E-state index contributed by atoms with van der Waals surface area (Å²) in [4.78, 5) is 13.9. The topological polar surface area (TPSA) is 52.6 Å². The van der Waals surface area contributed by atoms with Crippen LogP contribution in [0.2, 0.25) is 10.0 Å². The Labute approximate surface area is 122 Å². The second-order valence-electron chi connectivity index (χ2n) is 4.67. The molecule has 104 valence electrons. The molecule has 1 aromatic carbocycles. The summed E-state index contributed by atoms with van der Waals surface area (Å²) in [6.45, 7) is 2.12. The molecule has 1 amide bonds. The van der Waals surface area contributed by atoms with Gasteiger partial charge in [0.25, 0.3) is 0 Å². The van der Waals surface area contributed by atoms with Crippen molar-refractivity contribution in [2.24, 2.45) is 0 Å². The second-order valence-corrected chi connectivity index (χ2v) is 5.51. The van der Waals surface area contributed by atoms with E-state index in [4.69, 9.17) is 23.2 Å². The fourth-order valence-electron chi connectivity index (χ4n) is 2.08. The minimum absolute atomic E-state index is 0.106. The highest BCUT2D eigenvalue weighted by Crippen LogP contribution is 2.25. The number of halogens is 2. The molecule has 1 saturated heterocycles. The molecule has 0 saturated carbocycles. The van der Waals surface area contributed by atoms with E-state index in [0.717, 1.165) is 13.0 Å². The lowest BCUT2D eigenvalue weighted by Crippen LogP contribution is -2.26. The summed E-state index contributed by atoms with van der Waals surface area (Å²) in [5.41, 5.74) is 0.528. The van der Waals surface area contributed by atoms with E-state index in [0.29, 0.717) is 35.2 Å². The van der Waals surface area contributed by atoms with Crippen LogP contribution in [0.1, 0.15) is 12.8 Å². The van der Waals surface area contributed by atoms with Gasteiger partial charge >= 0.3 is 0 Å². The summed E-state index contributed by atoms with van der Waals surface area (Å²) in [6, 6.07) is 4.95. The third kappa shape index (κ3) is 4.35. The molecule has 0 unspecified atom stereocenters. The average molecular weight is 303 g/mol. The number of aliphatic hydroxyl groups excluding tert-OH is 1. The molecule has 2 rings (SSSR count). The third-order valence-electron chi connectivity index (χ3n) is 3.11. The van der Waals surface area contributed by atoms with Crippen molar-refractivity contribution in [3.05, 3.63) is 28.2 Å². The summed E-state index contributed by atoms with van der Waals surface area (Å²) in [7, 11) is 0. The fraction of sp³-hybridized carbons (Fsp3) is 0.462. The normalized spacial score (nSPS) is 19.6. The predicted molar refractivity (Wildman–Crippen MR) is 76.8 cm³/mol. The number of amides is 1. The van der Waals surface area contributed by atoms with Crippen molar-refractivity contribution >= 4 is 34.8 Å². The van der Waals surface area contributed by atoms with Gasteiger partial charge in [-0.1, -0.05) is 23.2 Å². The van der Waals surface area contributed by atoms with Gasteiger partial charge in [0.2, 0.25) is 5.91 Å². The van der Waals surface area contributed by atoms with Crippen molar-refractivity contribution in [2.45, 2.75) is 18.9 Å². The van der Waals surface area contributed by atoms with E-state index in [-0.39, 0.29) is 12.0 Å². The van der Waals surface area contributed by atoms with Crippen LogP contribution in [-0.2, 0) is 4.79 Å². The minimum atomic E-state index is -0.259. The molecule has 0 bridgehead atoms. The van der Waals surface area contributed by atoms with Crippen molar-refractivity contribution in [1.82, 2.24) is 4.90 Å².